The molecule has 1 amide bonds. The van der Waals surface area contributed by atoms with Crippen molar-refractivity contribution in [1.29, 1.82) is 0 Å². The summed E-state index contributed by atoms with van der Waals surface area (Å²) >= 11 is 13.7. The molecule has 0 radical (unpaired) electrons. The van der Waals surface area contributed by atoms with Gasteiger partial charge in [0.2, 0.25) is 5.91 Å². The molecule has 2 aromatic rings. The van der Waals surface area contributed by atoms with Crippen LogP contribution in [0.1, 0.15) is 17.9 Å². The van der Waals surface area contributed by atoms with E-state index in [1.165, 1.54) is 0 Å². The second-order valence-corrected chi connectivity index (χ2v) is 6.96. The first-order valence-corrected chi connectivity index (χ1v) is 9.02. The van der Waals surface area contributed by atoms with Gasteiger partial charge in [-0.25, -0.2) is 0 Å². The normalized spacial score (nSPS) is 17.6. The molecule has 1 aliphatic rings. The number of hydrogen-bond donors (Lipinski definition) is 0. The van der Waals surface area contributed by atoms with Crippen LogP contribution in [0, 0.1) is 0 Å². The van der Waals surface area contributed by atoms with E-state index in [-0.39, 0.29) is 11.3 Å². The van der Waals surface area contributed by atoms with Crippen molar-refractivity contribution < 1.29 is 9.53 Å². The molecule has 0 bridgehead atoms. The Bertz CT molecular complexity index is 721. The third-order valence-electron chi connectivity index (χ3n) is 3.51. The SMILES string of the molecule is CCOc1ccc(Cl)cc1[C@H]1SCC(=O)N1c1ccc(Cl)cc1. The van der Waals surface area contributed by atoms with Gasteiger partial charge in [-0.2, -0.15) is 0 Å². The number of anilines is 1. The van der Waals surface area contributed by atoms with Gasteiger partial charge in [0.15, 0.2) is 0 Å². The molecule has 1 aliphatic heterocycles. The van der Waals surface area contributed by atoms with Crippen LogP contribution < -0.4 is 9.64 Å². The van der Waals surface area contributed by atoms with Crippen molar-refractivity contribution in [2.24, 2.45) is 0 Å². The number of halogens is 2. The second-order valence-electron chi connectivity index (χ2n) is 5.02. The van der Waals surface area contributed by atoms with Crippen LogP contribution >= 0.6 is 35.0 Å². The number of thioether (sulfide) groups is 1. The van der Waals surface area contributed by atoms with E-state index in [9.17, 15) is 4.79 Å². The van der Waals surface area contributed by atoms with Gasteiger partial charge in [-0.1, -0.05) is 23.2 Å². The van der Waals surface area contributed by atoms with Crippen molar-refractivity contribution in [1.82, 2.24) is 0 Å². The summed E-state index contributed by atoms with van der Waals surface area (Å²) in [6, 6.07) is 12.8. The van der Waals surface area contributed by atoms with Crippen LogP contribution in [0.25, 0.3) is 0 Å². The molecule has 3 rings (SSSR count). The molecule has 0 aliphatic carbocycles. The van der Waals surface area contributed by atoms with Crippen LogP contribution in [0.2, 0.25) is 10.0 Å². The molecule has 0 N–H and O–H groups in total. The smallest absolute Gasteiger partial charge is 0.238 e. The summed E-state index contributed by atoms with van der Waals surface area (Å²) < 4.78 is 5.71. The van der Waals surface area contributed by atoms with Crippen molar-refractivity contribution in [2.75, 3.05) is 17.3 Å². The highest BCUT2D eigenvalue weighted by atomic mass is 35.5. The quantitative estimate of drug-likeness (QED) is 0.746. The highest BCUT2D eigenvalue weighted by Crippen LogP contribution is 2.45. The van der Waals surface area contributed by atoms with E-state index in [4.69, 9.17) is 27.9 Å². The van der Waals surface area contributed by atoms with Crippen molar-refractivity contribution >= 4 is 46.6 Å². The topological polar surface area (TPSA) is 29.5 Å². The van der Waals surface area contributed by atoms with Gasteiger partial charge in [-0.15, -0.1) is 11.8 Å². The molecule has 1 atom stereocenters. The third-order valence-corrected chi connectivity index (χ3v) is 5.19. The van der Waals surface area contributed by atoms with E-state index in [0.29, 0.717) is 22.4 Å². The molecule has 2 aromatic carbocycles. The lowest BCUT2D eigenvalue weighted by Gasteiger charge is -2.26. The number of rotatable bonds is 4. The van der Waals surface area contributed by atoms with E-state index in [0.717, 1.165) is 17.0 Å². The van der Waals surface area contributed by atoms with Gasteiger partial charge in [0.25, 0.3) is 0 Å². The van der Waals surface area contributed by atoms with E-state index in [1.807, 2.05) is 31.2 Å². The van der Waals surface area contributed by atoms with Crippen LogP contribution in [-0.2, 0) is 4.79 Å². The van der Waals surface area contributed by atoms with Gasteiger partial charge in [0, 0.05) is 21.3 Å². The van der Waals surface area contributed by atoms with Gasteiger partial charge in [0.05, 0.1) is 12.4 Å². The highest BCUT2D eigenvalue weighted by molar-refractivity contribution is 8.00. The zero-order valence-corrected chi connectivity index (χ0v) is 14.8. The average Bonchev–Trinajstić information content (AvgIpc) is 2.92. The number of ether oxygens (including phenoxy) is 1. The predicted octanol–water partition coefficient (Wildman–Crippen LogP) is 5.17. The van der Waals surface area contributed by atoms with Crippen LogP contribution in [0.5, 0.6) is 5.75 Å². The molecule has 3 nitrogen and oxygen atoms in total. The Labute approximate surface area is 149 Å². The Morgan fingerprint density at radius 3 is 2.57 bits per heavy atom. The fourth-order valence-electron chi connectivity index (χ4n) is 2.53. The standard InChI is InChI=1S/C17H15Cl2NO2S/c1-2-22-15-8-5-12(19)9-14(15)17-20(16(21)10-23-17)13-6-3-11(18)4-7-13/h3-9,17H,2,10H2,1H3/t17-/m1/s1. The lowest BCUT2D eigenvalue weighted by atomic mass is 10.1. The van der Waals surface area contributed by atoms with Gasteiger partial charge >= 0.3 is 0 Å². The fraction of sp³-hybridized carbons (Fsp3) is 0.235. The molecule has 1 fully saturated rings. The number of amides is 1. The average molecular weight is 368 g/mol. The monoisotopic (exact) mass is 367 g/mol. The fourth-order valence-corrected chi connectivity index (χ4v) is 4.03. The van der Waals surface area contributed by atoms with Crippen LogP contribution in [0.3, 0.4) is 0 Å². The number of benzene rings is 2. The number of carbonyl (C=O) groups excluding carboxylic acids is 1. The number of nitrogens with zero attached hydrogens (tertiary/aromatic N) is 1. The minimum absolute atomic E-state index is 0.0600. The first kappa shape index (κ1) is 16.5. The first-order chi connectivity index (χ1) is 11.1. The van der Waals surface area contributed by atoms with Gasteiger partial charge in [-0.05, 0) is 49.4 Å². The van der Waals surface area contributed by atoms with Crippen molar-refractivity contribution in [3.63, 3.8) is 0 Å². The second kappa shape index (κ2) is 7.04. The third kappa shape index (κ3) is 3.44. The molecule has 1 heterocycles. The Morgan fingerprint density at radius 1 is 1.17 bits per heavy atom. The summed E-state index contributed by atoms with van der Waals surface area (Å²) in [6.45, 7) is 2.49. The van der Waals surface area contributed by atoms with Crippen LogP contribution in [0.15, 0.2) is 42.5 Å². The van der Waals surface area contributed by atoms with Crippen LogP contribution in [0.4, 0.5) is 5.69 Å². The van der Waals surface area contributed by atoms with Crippen molar-refractivity contribution in [3.05, 3.63) is 58.1 Å². The molecule has 0 saturated carbocycles. The number of carbonyl (C=O) groups is 1. The molecular formula is C17H15Cl2NO2S. The molecule has 6 heteroatoms. The van der Waals surface area contributed by atoms with Gasteiger partial charge in [-0.3, -0.25) is 9.69 Å². The molecule has 23 heavy (non-hydrogen) atoms. The molecule has 120 valence electrons. The molecule has 0 spiro atoms. The lowest BCUT2D eigenvalue weighted by Crippen LogP contribution is -2.28. The summed E-state index contributed by atoms with van der Waals surface area (Å²) in [7, 11) is 0. The van der Waals surface area contributed by atoms with E-state index in [1.54, 1.807) is 34.9 Å². The molecule has 1 saturated heterocycles. The van der Waals surface area contributed by atoms with E-state index < -0.39 is 0 Å². The maximum absolute atomic E-state index is 12.4. The minimum atomic E-state index is -0.163. The van der Waals surface area contributed by atoms with Gasteiger partial charge in [0.1, 0.15) is 11.1 Å². The van der Waals surface area contributed by atoms with Crippen molar-refractivity contribution in [2.45, 2.75) is 12.3 Å². The predicted molar refractivity (Wildman–Crippen MR) is 96.8 cm³/mol. The zero-order valence-electron chi connectivity index (χ0n) is 12.5. The Kier molecular flexibility index (Phi) is 5.05. The maximum atomic E-state index is 12.4. The Hall–Kier alpha value is -1.36. The Balaban J connectivity index is 2.02. The summed E-state index contributed by atoms with van der Waals surface area (Å²) in [6.07, 6.45) is 0. The van der Waals surface area contributed by atoms with Gasteiger partial charge < -0.3 is 4.74 Å². The molecule has 0 unspecified atom stereocenters. The minimum Gasteiger partial charge on any atom is -0.493 e. The largest absolute Gasteiger partial charge is 0.493 e. The first-order valence-electron chi connectivity index (χ1n) is 7.21. The highest BCUT2D eigenvalue weighted by Gasteiger charge is 2.35. The molecular weight excluding hydrogens is 353 g/mol. The van der Waals surface area contributed by atoms with Crippen molar-refractivity contribution in [3.8, 4) is 5.75 Å². The molecule has 0 aromatic heterocycles. The summed E-state index contributed by atoms with van der Waals surface area (Å²) in [5.41, 5.74) is 1.72. The van der Waals surface area contributed by atoms with Crippen LogP contribution in [-0.4, -0.2) is 18.3 Å². The summed E-state index contributed by atoms with van der Waals surface area (Å²) in [4.78, 5) is 14.2. The lowest BCUT2D eigenvalue weighted by molar-refractivity contribution is -0.115. The number of hydrogen-bond acceptors (Lipinski definition) is 3. The Morgan fingerprint density at radius 2 is 1.87 bits per heavy atom. The van der Waals surface area contributed by atoms with E-state index in [2.05, 4.69) is 0 Å². The van der Waals surface area contributed by atoms with E-state index >= 15 is 0 Å². The maximum Gasteiger partial charge on any atom is 0.238 e. The summed E-state index contributed by atoms with van der Waals surface area (Å²) in [5.74, 6) is 1.23. The zero-order chi connectivity index (χ0) is 16.4. The summed E-state index contributed by atoms with van der Waals surface area (Å²) in [5, 5.41) is 1.10.